The van der Waals surface area contributed by atoms with Gasteiger partial charge in [-0.3, -0.25) is 14.5 Å². The molecule has 4 nitrogen and oxygen atoms in total. The van der Waals surface area contributed by atoms with Crippen molar-refractivity contribution in [3.8, 4) is 0 Å². The van der Waals surface area contributed by atoms with E-state index in [-0.39, 0.29) is 17.9 Å². The summed E-state index contributed by atoms with van der Waals surface area (Å²) in [4.78, 5) is 26.0. The Kier molecular flexibility index (Phi) is 4.65. The highest BCUT2D eigenvalue weighted by atomic mass is 16.6. The van der Waals surface area contributed by atoms with E-state index < -0.39 is 6.23 Å². The number of fused-ring (bicyclic) bond motifs is 1. The van der Waals surface area contributed by atoms with Crippen molar-refractivity contribution in [2.24, 2.45) is 0 Å². The highest BCUT2D eigenvalue weighted by Gasteiger charge is 2.40. The molecule has 0 spiro atoms. The molecule has 2 atom stereocenters. The molecule has 1 heterocycles. The van der Waals surface area contributed by atoms with Gasteiger partial charge in [-0.25, -0.2) is 0 Å². The summed E-state index contributed by atoms with van der Waals surface area (Å²) in [6.07, 6.45) is 1.05. The zero-order valence-electron chi connectivity index (χ0n) is 13.9. The van der Waals surface area contributed by atoms with Crippen molar-refractivity contribution in [3.05, 3.63) is 71.3 Å². The Morgan fingerprint density at radius 1 is 1.12 bits per heavy atom. The molecule has 4 heteroatoms. The SMILES string of the molecule is CC(=O)OC1c2ccccc2C(=O)N1C(C)CCc1ccccc1. The predicted octanol–water partition coefficient (Wildman–Crippen LogP) is 3.73. The highest BCUT2D eigenvalue weighted by Crippen LogP contribution is 2.36. The summed E-state index contributed by atoms with van der Waals surface area (Å²) >= 11 is 0. The van der Waals surface area contributed by atoms with E-state index in [1.54, 1.807) is 11.0 Å². The summed E-state index contributed by atoms with van der Waals surface area (Å²) in [6.45, 7) is 3.38. The number of amides is 1. The molecular formula is C20H21NO3. The number of aryl methyl sites for hydroxylation is 1. The normalized spacial score (nSPS) is 17.5. The number of ether oxygens (including phenoxy) is 1. The van der Waals surface area contributed by atoms with Gasteiger partial charge in [-0.15, -0.1) is 0 Å². The smallest absolute Gasteiger partial charge is 0.304 e. The van der Waals surface area contributed by atoms with Gasteiger partial charge in [-0.2, -0.15) is 0 Å². The van der Waals surface area contributed by atoms with Gasteiger partial charge < -0.3 is 4.74 Å². The Morgan fingerprint density at radius 2 is 1.79 bits per heavy atom. The second-order valence-electron chi connectivity index (χ2n) is 6.13. The lowest BCUT2D eigenvalue weighted by atomic mass is 10.1. The summed E-state index contributed by atoms with van der Waals surface area (Å²) in [5.41, 5.74) is 2.62. The second kappa shape index (κ2) is 6.87. The molecule has 0 N–H and O–H groups in total. The first-order chi connectivity index (χ1) is 11.6. The maximum atomic E-state index is 12.8. The molecular weight excluding hydrogens is 302 g/mol. The molecule has 2 aromatic rings. The van der Waals surface area contributed by atoms with E-state index in [1.807, 2.05) is 43.3 Å². The van der Waals surface area contributed by atoms with E-state index >= 15 is 0 Å². The maximum Gasteiger partial charge on any atom is 0.304 e. The summed E-state index contributed by atoms with van der Waals surface area (Å²) in [7, 11) is 0. The number of nitrogens with zero attached hydrogens (tertiary/aromatic N) is 1. The Bertz CT molecular complexity index is 742. The lowest BCUT2D eigenvalue weighted by Gasteiger charge is -2.30. The number of benzene rings is 2. The highest BCUT2D eigenvalue weighted by molar-refractivity contribution is 5.99. The third-order valence-corrected chi connectivity index (χ3v) is 4.39. The Labute approximate surface area is 142 Å². The third-order valence-electron chi connectivity index (χ3n) is 4.39. The van der Waals surface area contributed by atoms with Crippen molar-refractivity contribution >= 4 is 11.9 Å². The molecule has 0 saturated heterocycles. The first kappa shape index (κ1) is 16.2. The Balaban J connectivity index is 1.80. The number of hydrogen-bond acceptors (Lipinski definition) is 3. The van der Waals surface area contributed by atoms with Crippen molar-refractivity contribution < 1.29 is 14.3 Å². The van der Waals surface area contributed by atoms with Gasteiger partial charge >= 0.3 is 5.97 Å². The average Bonchev–Trinajstić information content (AvgIpc) is 2.86. The van der Waals surface area contributed by atoms with Crippen LogP contribution in [0.3, 0.4) is 0 Å². The Morgan fingerprint density at radius 3 is 2.50 bits per heavy atom. The van der Waals surface area contributed by atoms with Gasteiger partial charge in [-0.05, 0) is 31.4 Å². The molecule has 0 saturated carbocycles. The molecule has 1 amide bonds. The van der Waals surface area contributed by atoms with Crippen LogP contribution in [0.15, 0.2) is 54.6 Å². The zero-order valence-corrected chi connectivity index (χ0v) is 13.9. The fourth-order valence-corrected chi connectivity index (χ4v) is 3.17. The molecule has 1 aliphatic heterocycles. The fourth-order valence-electron chi connectivity index (χ4n) is 3.17. The lowest BCUT2D eigenvalue weighted by Crippen LogP contribution is -2.38. The molecule has 0 bridgehead atoms. The average molecular weight is 323 g/mol. The summed E-state index contributed by atoms with van der Waals surface area (Å²) in [6, 6.07) is 17.5. The van der Waals surface area contributed by atoms with Crippen molar-refractivity contribution in [1.29, 1.82) is 0 Å². The van der Waals surface area contributed by atoms with Crippen molar-refractivity contribution in [1.82, 2.24) is 4.90 Å². The molecule has 1 aliphatic rings. The standard InChI is InChI=1S/C20H21NO3/c1-14(12-13-16-8-4-3-5-9-16)21-19(23)17-10-6-7-11-18(17)20(21)24-15(2)22/h3-11,14,20H,12-13H2,1-2H3. The van der Waals surface area contributed by atoms with E-state index in [0.717, 1.165) is 18.4 Å². The van der Waals surface area contributed by atoms with E-state index in [0.29, 0.717) is 5.56 Å². The van der Waals surface area contributed by atoms with Crippen molar-refractivity contribution in [3.63, 3.8) is 0 Å². The maximum absolute atomic E-state index is 12.8. The van der Waals surface area contributed by atoms with Crippen LogP contribution in [0, 0.1) is 0 Å². The van der Waals surface area contributed by atoms with Crippen LogP contribution in [-0.2, 0) is 16.0 Å². The van der Waals surface area contributed by atoms with Crippen LogP contribution in [0.25, 0.3) is 0 Å². The summed E-state index contributed by atoms with van der Waals surface area (Å²) in [5, 5.41) is 0. The van der Waals surface area contributed by atoms with Gasteiger partial charge in [-0.1, -0.05) is 48.5 Å². The van der Waals surface area contributed by atoms with Crippen LogP contribution in [0.1, 0.15) is 48.0 Å². The first-order valence-electron chi connectivity index (χ1n) is 8.20. The van der Waals surface area contributed by atoms with Crippen LogP contribution < -0.4 is 0 Å². The molecule has 24 heavy (non-hydrogen) atoms. The van der Waals surface area contributed by atoms with Gasteiger partial charge in [0.05, 0.1) is 0 Å². The van der Waals surface area contributed by atoms with Gasteiger partial charge in [0.1, 0.15) is 0 Å². The van der Waals surface area contributed by atoms with E-state index in [4.69, 9.17) is 4.74 Å². The summed E-state index contributed by atoms with van der Waals surface area (Å²) in [5.74, 6) is -0.456. The number of esters is 1. The van der Waals surface area contributed by atoms with E-state index in [2.05, 4.69) is 12.1 Å². The minimum absolute atomic E-state index is 0.0329. The van der Waals surface area contributed by atoms with E-state index in [9.17, 15) is 9.59 Å². The molecule has 0 aliphatic carbocycles. The molecule has 124 valence electrons. The molecule has 0 radical (unpaired) electrons. The van der Waals surface area contributed by atoms with Gasteiger partial charge in [0.2, 0.25) is 6.23 Å². The number of carbonyl (C=O) groups is 2. The molecule has 2 unspecified atom stereocenters. The minimum atomic E-state index is -0.628. The molecule has 0 fully saturated rings. The van der Waals surface area contributed by atoms with Gasteiger partial charge in [0.15, 0.2) is 0 Å². The van der Waals surface area contributed by atoms with Gasteiger partial charge in [0, 0.05) is 24.1 Å². The van der Waals surface area contributed by atoms with Crippen LogP contribution in [-0.4, -0.2) is 22.8 Å². The number of rotatable bonds is 5. The van der Waals surface area contributed by atoms with Crippen LogP contribution in [0.2, 0.25) is 0 Å². The van der Waals surface area contributed by atoms with Crippen LogP contribution in [0.4, 0.5) is 0 Å². The first-order valence-corrected chi connectivity index (χ1v) is 8.20. The molecule has 2 aromatic carbocycles. The van der Waals surface area contributed by atoms with Crippen molar-refractivity contribution in [2.75, 3.05) is 0 Å². The second-order valence-corrected chi connectivity index (χ2v) is 6.13. The number of hydrogen-bond donors (Lipinski definition) is 0. The van der Waals surface area contributed by atoms with Crippen LogP contribution >= 0.6 is 0 Å². The quantitative estimate of drug-likeness (QED) is 0.788. The topological polar surface area (TPSA) is 46.6 Å². The largest absolute Gasteiger partial charge is 0.437 e. The third kappa shape index (κ3) is 3.18. The predicted molar refractivity (Wildman–Crippen MR) is 91.3 cm³/mol. The fraction of sp³-hybridized carbons (Fsp3) is 0.300. The zero-order chi connectivity index (χ0) is 17.1. The number of carbonyl (C=O) groups excluding carboxylic acids is 2. The summed E-state index contributed by atoms with van der Waals surface area (Å²) < 4.78 is 5.46. The Hall–Kier alpha value is -2.62. The van der Waals surface area contributed by atoms with Crippen molar-refractivity contribution in [2.45, 2.75) is 39.0 Å². The minimum Gasteiger partial charge on any atom is -0.437 e. The van der Waals surface area contributed by atoms with E-state index in [1.165, 1.54) is 12.5 Å². The molecule has 0 aromatic heterocycles. The molecule has 3 rings (SSSR count). The lowest BCUT2D eigenvalue weighted by molar-refractivity contribution is -0.155. The van der Waals surface area contributed by atoms with Gasteiger partial charge in [0.25, 0.3) is 5.91 Å². The monoisotopic (exact) mass is 323 g/mol. The van der Waals surface area contributed by atoms with Crippen LogP contribution in [0.5, 0.6) is 0 Å².